The second-order valence-corrected chi connectivity index (χ2v) is 7.58. The lowest BCUT2D eigenvalue weighted by atomic mass is 10.1. The van der Waals surface area contributed by atoms with Crippen molar-refractivity contribution < 1.29 is 0 Å². The maximum Gasteiger partial charge on any atom is 0.195 e. The summed E-state index contributed by atoms with van der Waals surface area (Å²) < 4.78 is 0.960. The van der Waals surface area contributed by atoms with E-state index >= 15 is 0 Å². The van der Waals surface area contributed by atoms with Crippen molar-refractivity contribution in [2.45, 2.75) is 13.5 Å². The van der Waals surface area contributed by atoms with Crippen molar-refractivity contribution in [3.63, 3.8) is 0 Å². The Kier molecular flexibility index (Phi) is 4.25. The van der Waals surface area contributed by atoms with Crippen LogP contribution in [-0.2, 0) is 6.54 Å². The third-order valence-electron chi connectivity index (χ3n) is 3.83. The van der Waals surface area contributed by atoms with Crippen molar-refractivity contribution >= 4 is 44.4 Å². The highest BCUT2D eigenvalue weighted by molar-refractivity contribution is 7.23. The van der Waals surface area contributed by atoms with Gasteiger partial charge in [0.05, 0.1) is 12.1 Å². The minimum atomic E-state index is 0.568. The number of aromatic nitrogens is 2. The first kappa shape index (κ1) is 15.9. The third kappa shape index (κ3) is 3.16. The Balaban J connectivity index is 1.72. The number of rotatable bonds is 4. The summed E-state index contributed by atoms with van der Waals surface area (Å²) in [6, 6.07) is 11.9. The summed E-state index contributed by atoms with van der Waals surface area (Å²) in [6.07, 6.45) is 1.55. The van der Waals surface area contributed by atoms with Gasteiger partial charge in [-0.1, -0.05) is 18.2 Å². The fraction of sp³-hybridized carbons (Fsp3) is 0.111. The Morgan fingerprint density at radius 2 is 1.96 bits per heavy atom. The molecule has 0 bridgehead atoms. The lowest BCUT2D eigenvalue weighted by molar-refractivity contribution is 0.965. The normalized spacial score (nSPS) is 11.6. The number of nitrogens with zero attached hydrogens (tertiary/aromatic N) is 4. The van der Waals surface area contributed by atoms with Crippen LogP contribution in [0.3, 0.4) is 0 Å². The molecule has 0 saturated carbocycles. The molecule has 0 unspecified atom stereocenters. The van der Waals surface area contributed by atoms with Crippen molar-refractivity contribution in [2.24, 2.45) is 10.2 Å². The number of nitrogen functional groups attached to an aromatic ring is 1. The molecule has 0 fully saturated rings. The van der Waals surface area contributed by atoms with Crippen LogP contribution in [-0.4, -0.2) is 9.97 Å². The Morgan fingerprint density at radius 3 is 2.72 bits per heavy atom. The van der Waals surface area contributed by atoms with Gasteiger partial charge in [0.25, 0.3) is 0 Å². The largest absolute Gasteiger partial charge is 0.399 e. The van der Waals surface area contributed by atoms with Gasteiger partial charge in [0, 0.05) is 15.4 Å². The van der Waals surface area contributed by atoms with Crippen LogP contribution in [0.4, 0.5) is 11.5 Å². The second kappa shape index (κ2) is 6.70. The number of hydrogen-bond acceptors (Lipinski definition) is 7. The molecule has 0 saturated heterocycles. The molecule has 1 aromatic carbocycles. The van der Waals surface area contributed by atoms with Gasteiger partial charge in [0.15, 0.2) is 5.82 Å². The van der Waals surface area contributed by atoms with Gasteiger partial charge in [0.2, 0.25) is 0 Å². The lowest BCUT2D eigenvalue weighted by Crippen LogP contribution is -1.84. The van der Waals surface area contributed by atoms with Gasteiger partial charge in [-0.3, -0.25) is 0 Å². The Hall–Kier alpha value is -2.64. The van der Waals surface area contributed by atoms with Crippen LogP contribution in [0.15, 0.2) is 58.3 Å². The van der Waals surface area contributed by atoms with Crippen LogP contribution in [0, 0.1) is 6.92 Å². The summed E-state index contributed by atoms with van der Waals surface area (Å²) in [5.74, 6) is 0.622. The highest BCUT2D eigenvalue weighted by atomic mass is 32.1. The van der Waals surface area contributed by atoms with Crippen LogP contribution in [0.1, 0.15) is 10.4 Å². The first-order valence-electron chi connectivity index (χ1n) is 7.72. The fourth-order valence-corrected chi connectivity index (χ4v) is 4.38. The Morgan fingerprint density at radius 1 is 1.12 bits per heavy atom. The van der Waals surface area contributed by atoms with Gasteiger partial charge < -0.3 is 5.73 Å². The van der Waals surface area contributed by atoms with E-state index in [1.54, 1.807) is 29.0 Å². The zero-order chi connectivity index (χ0) is 17.2. The summed E-state index contributed by atoms with van der Waals surface area (Å²) in [6.45, 7) is 2.64. The molecule has 0 atom stereocenters. The molecule has 4 aromatic rings. The lowest BCUT2D eigenvalue weighted by Gasteiger charge is -2.00. The van der Waals surface area contributed by atoms with E-state index in [1.807, 2.05) is 41.8 Å². The number of nitrogens with two attached hydrogens (primary N) is 1. The van der Waals surface area contributed by atoms with Crippen LogP contribution < -0.4 is 5.73 Å². The molecule has 3 heterocycles. The monoisotopic (exact) mass is 365 g/mol. The Bertz CT molecular complexity index is 1030. The van der Waals surface area contributed by atoms with E-state index in [0.717, 1.165) is 31.9 Å². The van der Waals surface area contributed by atoms with E-state index in [-0.39, 0.29) is 0 Å². The van der Waals surface area contributed by atoms with Gasteiger partial charge in [-0.15, -0.1) is 27.8 Å². The molecule has 0 aliphatic carbocycles. The molecule has 0 amide bonds. The number of aryl methyl sites for hydroxylation is 1. The summed E-state index contributed by atoms with van der Waals surface area (Å²) >= 11 is 3.31. The highest BCUT2D eigenvalue weighted by Gasteiger charge is 2.15. The van der Waals surface area contributed by atoms with Gasteiger partial charge in [-0.2, -0.15) is 5.11 Å². The predicted molar refractivity (Wildman–Crippen MR) is 105 cm³/mol. The van der Waals surface area contributed by atoms with E-state index in [2.05, 4.69) is 27.1 Å². The first-order valence-corrected chi connectivity index (χ1v) is 9.42. The summed E-state index contributed by atoms with van der Waals surface area (Å²) in [7, 11) is 0. The van der Waals surface area contributed by atoms with Crippen LogP contribution in [0.2, 0.25) is 0 Å². The number of azo groups is 1. The quantitative estimate of drug-likeness (QED) is 0.378. The number of hydrogen-bond donors (Lipinski definition) is 1. The van der Waals surface area contributed by atoms with Crippen LogP contribution in [0.25, 0.3) is 20.7 Å². The minimum absolute atomic E-state index is 0.568. The Labute approximate surface area is 152 Å². The van der Waals surface area contributed by atoms with Gasteiger partial charge in [0.1, 0.15) is 11.0 Å². The van der Waals surface area contributed by atoms with E-state index < -0.39 is 0 Å². The smallest absolute Gasteiger partial charge is 0.195 e. The zero-order valence-electron chi connectivity index (χ0n) is 13.5. The van der Waals surface area contributed by atoms with Crippen molar-refractivity contribution in [3.8, 4) is 10.4 Å². The van der Waals surface area contributed by atoms with Gasteiger partial charge in [-0.25, -0.2) is 9.97 Å². The molecule has 25 heavy (non-hydrogen) atoms. The molecular weight excluding hydrogens is 350 g/mol. The standard InChI is InChI=1S/C18H15N5S2/c1-11-15-17(25-16(11)12-4-6-13(19)7-5-12)18(21-10-20-15)23-22-9-14-3-2-8-24-14/h2-8,10H,9,19H2,1H3. The molecule has 3 aromatic heterocycles. The minimum Gasteiger partial charge on any atom is -0.399 e. The molecule has 0 radical (unpaired) electrons. The molecule has 4 rings (SSSR count). The molecule has 7 heteroatoms. The second-order valence-electron chi connectivity index (χ2n) is 5.53. The van der Waals surface area contributed by atoms with Gasteiger partial charge >= 0.3 is 0 Å². The first-order chi connectivity index (χ1) is 12.2. The van der Waals surface area contributed by atoms with E-state index in [1.165, 1.54) is 4.88 Å². The fourth-order valence-electron chi connectivity index (χ4n) is 2.57. The molecule has 0 aliphatic heterocycles. The van der Waals surface area contributed by atoms with Crippen molar-refractivity contribution in [3.05, 3.63) is 58.5 Å². The zero-order valence-corrected chi connectivity index (χ0v) is 15.1. The summed E-state index contributed by atoms with van der Waals surface area (Å²) in [4.78, 5) is 11.1. The topological polar surface area (TPSA) is 76.5 Å². The molecular formula is C18H15N5S2. The average molecular weight is 365 g/mol. The van der Waals surface area contributed by atoms with E-state index in [4.69, 9.17) is 5.73 Å². The maximum atomic E-state index is 5.79. The molecule has 2 N–H and O–H groups in total. The van der Waals surface area contributed by atoms with Crippen LogP contribution in [0.5, 0.6) is 0 Å². The average Bonchev–Trinajstić information content (AvgIpc) is 3.25. The van der Waals surface area contributed by atoms with Crippen molar-refractivity contribution in [1.82, 2.24) is 9.97 Å². The molecule has 124 valence electrons. The summed E-state index contributed by atoms with van der Waals surface area (Å²) in [5, 5.41) is 10.7. The number of benzene rings is 1. The third-order valence-corrected chi connectivity index (χ3v) is 6.02. The molecule has 5 nitrogen and oxygen atoms in total. The van der Waals surface area contributed by atoms with Gasteiger partial charge in [-0.05, 0) is 41.6 Å². The molecule has 0 spiro atoms. The number of anilines is 1. The van der Waals surface area contributed by atoms with Crippen molar-refractivity contribution in [2.75, 3.05) is 5.73 Å². The maximum absolute atomic E-state index is 5.79. The van der Waals surface area contributed by atoms with E-state index in [9.17, 15) is 0 Å². The number of fused-ring (bicyclic) bond motifs is 1. The summed E-state index contributed by atoms with van der Waals surface area (Å²) in [5.41, 5.74) is 9.72. The highest BCUT2D eigenvalue weighted by Crippen LogP contribution is 2.40. The SMILES string of the molecule is Cc1c(-c2ccc(N)cc2)sc2c(N=NCc3cccs3)ncnc12. The molecule has 0 aliphatic rings. The van der Waals surface area contributed by atoms with Crippen LogP contribution >= 0.6 is 22.7 Å². The van der Waals surface area contributed by atoms with Crippen molar-refractivity contribution in [1.29, 1.82) is 0 Å². The predicted octanol–water partition coefficient (Wildman–Crippen LogP) is 5.59. The number of thiophene rings is 2. The van der Waals surface area contributed by atoms with E-state index in [0.29, 0.717) is 12.4 Å².